The minimum atomic E-state index is -1.88. The predicted octanol–water partition coefficient (Wildman–Crippen LogP) is -4.93. The molecule has 5 heterocycles. The zero-order chi connectivity index (χ0) is 94.5. The minimum absolute atomic E-state index is 0.0113. The van der Waals surface area contributed by atoms with Crippen LogP contribution in [0.25, 0.3) is 21.8 Å². The number of aromatic nitrogens is 2. The Balaban J connectivity index is 1.17. The van der Waals surface area contributed by atoms with E-state index in [0.29, 0.717) is 64.2 Å². The van der Waals surface area contributed by atoms with Crippen LogP contribution in [-0.2, 0) is 101 Å². The van der Waals surface area contributed by atoms with Crippen LogP contribution in [0, 0.1) is 5.41 Å². The Morgan fingerprint density at radius 2 is 0.946 bits per heavy atom. The highest BCUT2D eigenvalue weighted by Gasteiger charge is 2.45. The molecule has 129 heavy (non-hydrogen) atoms. The van der Waals surface area contributed by atoms with Crippen LogP contribution in [0.1, 0.15) is 121 Å². The van der Waals surface area contributed by atoms with Crippen molar-refractivity contribution in [3.8, 4) is 5.75 Å². The number of thioether (sulfide) groups is 1. The average molecular weight is 1820 g/mol. The predicted molar refractivity (Wildman–Crippen MR) is 471 cm³/mol. The van der Waals surface area contributed by atoms with Crippen molar-refractivity contribution in [2.24, 2.45) is 17.2 Å². The van der Waals surface area contributed by atoms with Gasteiger partial charge in [0.25, 0.3) is 0 Å². The number of carbonyl (C=O) groups excluding carboxylic acids is 17. The fraction of sp³-hybridized carbons (Fsp3) is 0.529. The zero-order valence-corrected chi connectivity index (χ0v) is 73.8. The number of primary amides is 2. The summed E-state index contributed by atoms with van der Waals surface area (Å²) in [6.07, 6.45) is 3.12. The van der Waals surface area contributed by atoms with Crippen molar-refractivity contribution in [2.75, 3.05) is 78.6 Å². The number of phenols is 1. The van der Waals surface area contributed by atoms with Gasteiger partial charge in [-0.2, -0.15) is 0 Å². The largest absolute Gasteiger partial charge is 0.508 e. The zero-order valence-electron chi connectivity index (χ0n) is 72.9. The molecule has 0 saturated carbocycles. The van der Waals surface area contributed by atoms with Crippen molar-refractivity contribution < 1.29 is 102 Å². The van der Waals surface area contributed by atoms with Crippen LogP contribution in [0.15, 0.2) is 85.2 Å². The third-order valence-electron chi connectivity index (χ3n) is 23.0. The SMILES string of the molecule is CCCC[C@H]1C(=O)N(C)[C@@H](CCCC)C(=O)N[C@@H](CCCNC(=N)N)C(=O)N[C@H](C(=O)NCC(N)=O)CSCC(=O)N[C@@H](Cc2ccc(O)cc2)C(=O)N(C)[C@@H](C)C(=O)N[C@H](CC(N)=O)C(=O)N2CCC[C@H]2C(=O)N[C@@H](CO)C(=O)N[C@@H](CO)C(=O)N2CCC[C@H]2C(=O)N[C@@H](Cc2c[nH]c3ccccc23)C(=O)N[C@@H](CO)C(=O)N[C@@H](Cc2c[nH]c3ccccc23)C(=O)N1C. The molecule has 3 fully saturated rings. The molecule has 43 nitrogen and oxygen atoms in total. The Bertz CT molecular complexity index is 4860. The summed E-state index contributed by atoms with van der Waals surface area (Å²) in [5.74, 6) is -18.4. The smallest absolute Gasteiger partial charge is 0.248 e. The summed E-state index contributed by atoms with van der Waals surface area (Å²) in [6.45, 7) is 0.535. The van der Waals surface area contributed by atoms with Crippen LogP contribution >= 0.6 is 11.8 Å². The van der Waals surface area contributed by atoms with E-state index in [1.54, 1.807) is 60.9 Å². The molecule has 0 bridgehead atoms. The maximum Gasteiger partial charge on any atom is 0.248 e. The fourth-order valence-corrected chi connectivity index (χ4v) is 16.5. The fourth-order valence-electron chi connectivity index (χ4n) is 15.6. The van der Waals surface area contributed by atoms with Crippen LogP contribution in [0.2, 0.25) is 0 Å². The van der Waals surface area contributed by atoms with E-state index in [0.717, 1.165) is 36.3 Å². The molecular weight excluding hydrogens is 1700 g/mol. The molecular formula is C85H120N22O21S. The van der Waals surface area contributed by atoms with Crippen LogP contribution in [0.4, 0.5) is 0 Å². The lowest BCUT2D eigenvalue weighted by atomic mass is 10.00. The highest BCUT2D eigenvalue weighted by Crippen LogP contribution is 2.27. The number of guanidine groups is 1. The number of aromatic amines is 2. The van der Waals surface area contributed by atoms with E-state index in [2.05, 4.69) is 68.5 Å². The second-order valence-electron chi connectivity index (χ2n) is 32.2. The number of unbranched alkanes of at least 4 members (excludes halogenated alkanes) is 2. The van der Waals surface area contributed by atoms with Gasteiger partial charge in [0.2, 0.25) is 100 Å². The lowest BCUT2D eigenvalue weighted by molar-refractivity contribution is -0.149. The van der Waals surface area contributed by atoms with Gasteiger partial charge < -0.3 is 131 Å². The van der Waals surface area contributed by atoms with Gasteiger partial charge in [0, 0.05) is 100.0 Å². The van der Waals surface area contributed by atoms with Crippen LogP contribution in [-0.4, -0.2) is 325 Å². The molecule has 3 aliphatic rings. The van der Waals surface area contributed by atoms with Gasteiger partial charge in [-0.15, -0.1) is 11.8 Å². The number of carbonyl (C=O) groups is 17. The Kier molecular flexibility index (Phi) is 38.4. The van der Waals surface area contributed by atoms with Crippen LogP contribution in [0.3, 0.4) is 0 Å². The second kappa shape index (κ2) is 48.8. The van der Waals surface area contributed by atoms with Gasteiger partial charge in [-0.1, -0.05) is 88.1 Å². The van der Waals surface area contributed by atoms with Gasteiger partial charge in [0.1, 0.15) is 90.3 Å². The maximum atomic E-state index is 15.7. The molecule has 0 unspecified atom stereocenters. The highest BCUT2D eigenvalue weighted by molar-refractivity contribution is 8.00. The number of rotatable bonds is 24. The molecule has 2 aromatic heterocycles. The first-order valence-electron chi connectivity index (χ1n) is 42.9. The summed E-state index contributed by atoms with van der Waals surface area (Å²) < 4.78 is 0. The minimum Gasteiger partial charge on any atom is -0.508 e. The number of para-hydroxylation sites is 2. The lowest BCUT2D eigenvalue weighted by Crippen LogP contribution is -2.62. The topological polar surface area (TPSA) is 653 Å². The van der Waals surface area contributed by atoms with Gasteiger partial charge in [0.05, 0.1) is 38.5 Å². The van der Waals surface area contributed by atoms with Gasteiger partial charge in [0.15, 0.2) is 5.96 Å². The molecule has 3 aliphatic heterocycles. The number of hydrogen-bond donors (Lipinski definition) is 21. The first-order valence-corrected chi connectivity index (χ1v) is 44.0. The van der Waals surface area contributed by atoms with E-state index < -0.39 is 235 Å². The second-order valence-corrected chi connectivity index (χ2v) is 33.3. The molecule has 14 atom stereocenters. The number of nitrogens with two attached hydrogens (primary N) is 3. The van der Waals surface area contributed by atoms with Gasteiger partial charge >= 0.3 is 0 Å². The van der Waals surface area contributed by atoms with Crippen molar-refractivity contribution in [1.82, 2.24) is 93.0 Å². The highest BCUT2D eigenvalue weighted by atomic mass is 32.2. The van der Waals surface area contributed by atoms with Crippen molar-refractivity contribution >= 4 is 140 Å². The van der Waals surface area contributed by atoms with E-state index in [9.17, 15) is 78.0 Å². The molecule has 17 amide bonds. The number of aliphatic hydroxyl groups excluding tert-OH is 3. The van der Waals surface area contributed by atoms with Crippen molar-refractivity contribution in [3.05, 3.63) is 102 Å². The van der Waals surface area contributed by atoms with E-state index in [1.165, 1.54) is 52.3 Å². The number of aromatic hydroxyl groups is 1. The Morgan fingerprint density at radius 1 is 0.481 bits per heavy atom. The molecule has 0 spiro atoms. The van der Waals surface area contributed by atoms with Gasteiger partial charge in [-0.25, -0.2) is 0 Å². The van der Waals surface area contributed by atoms with E-state index >= 15 is 24.0 Å². The molecule has 702 valence electrons. The van der Waals surface area contributed by atoms with E-state index in [-0.39, 0.29) is 96.0 Å². The number of nitrogens with one attached hydrogen (secondary N) is 14. The Hall–Kier alpha value is -13.0. The van der Waals surface area contributed by atoms with Crippen molar-refractivity contribution in [1.29, 1.82) is 5.41 Å². The van der Waals surface area contributed by atoms with Gasteiger partial charge in [-0.05, 0) is 99.2 Å². The normalized spacial score (nSPS) is 24.7. The summed E-state index contributed by atoms with van der Waals surface area (Å²) in [7, 11) is 3.87. The standard InChI is InChI=1S/C85H120N22O21S/c1-7-9-23-64-77(121)95-55(22-15-31-90-85(88)89)73(117)102-63(72(116)93-40-69(87)113)44-129-45-70(114)94-57(34-47-27-29-50(111)30-28-47)80(124)103(4)46(3)71(115)97-59(37-68(86)112)82(126)106-32-16-26-66(106)79(123)100-61(42-109)76(120)101-62(43-110)83(127)107-33-17-25-65(107)78(122)96-56(35-48-38-91-53-20-13-11-18-51(48)53)74(118)99-60(41-108)75(119)98-58(36-49-39-92-54-21-14-12-19-52(49)54)81(125)105(6)67(24-10-8-2)84(128)104(64)5/h11-14,18-21,27-30,38-39,46,55-67,91-92,108-111H,7-10,15-17,22-26,31-37,40-45H2,1-6H3,(H2,86,112)(H2,87,113)(H,93,116)(H,94,114)(H,95,121)(H,96,122)(H,97,115)(H,98,119)(H,99,118)(H,100,123)(H,101,120)(H,102,117)(H4,88,89,90)/t46-,55-,56-,57-,58-,59+,60-,61-,62-,63-,64-,65-,66-,67-/m0/s1. The summed E-state index contributed by atoms with van der Waals surface area (Å²) in [5, 5.41) is 79.8. The lowest BCUT2D eigenvalue weighted by Gasteiger charge is -2.36. The Labute approximate surface area is 748 Å². The quantitative estimate of drug-likeness (QED) is 0.0156. The molecule has 3 aromatic carbocycles. The first-order chi connectivity index (χ1) is 61.5. The number of H-pyrrole nitrogens is 2. The van der Waals surface area contributed by atoms with Crippen molar-refractivity contribution in [2.45, 2.75) is 208 Å². The van der Waals surface area contributed by atoms with Crippen molar-refractivity contribution in [3.63, 3.8) is 0 Å². The third-order valence-corrected chi connectivity index (χ3v) is 24.0. The number of phenolic OH excluding ortho intramolecular Hbond substituents is 1. The molecule has 0 radical (unpaired) electrons. The van der Waals surface area contributed by atoms with Gasteiger partial charge in [-0.3, -0.25) is 86.9 Å². The number of aliphatic hydroxyl groups is 3. The molecule has 3 saturated heterocycles. The number of amides is 17. The summed E-state index contributed by atoms with van der Waals surface area (Å²) in [4.78, 5) is 258. The molecule has 0 aliphatic carbocycles. The summed E-state index contributed by atoms with van der Waals surface area (Å²) in [5.41, 5.74) is 19.3. The number of hydrogen-bond acceptors (Lipinski definition) is 23. The van der Waals surface area contributed by atoms with Crippen LogP contribution in [0.5, 0.6) is 5.75 Å². The summed E-state index contributed by atoms with van der Waals surface area (Å²) in [6, 6.07) is -2.94. The monoisotopic (exact) mass is 1820 g/mol. The number of fused-ring (bicyclic) bond motifs is 4. The molecule has 44 heteroatoms. The van der Waals surface area contributed by atoms with E-state index in [1.807, 2.05) is 13.8 Å². The Morgan fingerprint density at radius 3 is 1.49 bits per heavy atom. The van der Waals surface area contributed by atoms with E-state index in [4.69, 9.17) is 22.6 Å². The number of likely N-dealkylation sites (N-methyl/N-ethyl adjacent to an activating group) is 3. The molecule has 8 rings (SSSR count). The average Bonchev–Trinajstić information content (AvgIpc) is 1.74. The maximum absolute atomic E-state index is 15.7. The molecule has 24 N–H and O–H groups in total. The number of benzene rings is 3. The van der Waals surface area contributed by atoms with Crippen LogP contribution < -0.4 is 75.7 Å². The third kappa shape index (κ3) is 28.0. The number of nitrogens with zero attached hydrogens (tertiary/aromatic N) is 5. The molecule has 5 aromatic rings. The first kappa shape index (κ1) is 101. The summed E-state index contributed by atoms with van der Waals surface area (Å²) >= 11 is 0.750.